The second-order valence-corrected chi connectivity index (χ2v) is 6.92. The molecule has 2 unspecified atom stereocenters. The van der Waals surface area contributed by atoms with Crippen molar-refractivity contribution >= 4 is 29.0 Å². The van der Waals surface area contributed by atoms with Crippen LogP contribution < -0.4 is 10.1 Å². The molecule has 2 aromatic carbocycles. The Balaban J connectivity index is 1.71. The van der Waals surface area contributed by atoms with Crippen LogP contribution in [0.2, 0.25) is 5.02 Å². The van der Waals surface area contributed by atoms with Gasteiger partial charge in [-0.25, -0.2) is 9.97 Å². The third kappa shape index (κ3) is 4.45. The van der Waals surface area contributed by atoms with Gasteiger partial charge < -0.3 is 10.1 Å². The van der Waals surface area contributed by atoms with Crippen molar-refractivity contribution in [1.29, 1.82) is 0 Å². The largest absolute Gasteiger partial charge is 0.457 e. The number of halogens is 2. The molecule has 0 aliphatic heterocycles. The van der Waals surface area contributed by atoms with E-state index in [9.17, 15) is 0 Å². The van der Waals surface area contributed by atoms with Crippen molar-refractivity contribution in [2.45, 2.75) is 25.3 Å². The monoisotopic (exact) mass is 387 g/mol. The number of nitrogens with zero attached hydrogens (tertiary/aromatic N) is 2. The minimum absolute atomic E-state index is 0.00616. The molecule has 0 bridgehead atoms. The molecule has 0 aliphatic rings. The van der Waals surface area contributed by atoms with Gasteiger partial charge in [0.2, 0.25) is 0 Å². The smallest absolute Gasteiger partial charge is 0.149 e. The highest BCUT2D eigenvalue weighted by molar-refractivity contribution is 6.34. The predicted octanol–water partition coefficient (Wildman–Crippen LogP) is 6.40. The second kappa shape index (κ2) is 8.39. The normalized spacial score (nSPS) is 13.1. The van der Waals surface area contributed by atoms with Crippen molar-refractivity contribution in [3.8, 4) is 11.5 Å². The van der Waals surface area contributed by atoms with Crippen LogP contribution in [0.1, 0.15) is 36.5 Å². The summed E-state index contributed by atoms with van der Waals surface area (Å²) < 4.78 is 5.82. The fourth-order valence-corrected chi connectivity index (χ4v) is 3.04. The van der Waals surface area contributed by atoms with E-state index in [-0.39, 0.29) is 11.4 Å². The van der Waals surface area contributed by atoms with Crippen molar-refractivity contribution in [2.24, 2.45) is 0 Å². The fourth-order valence-electron chi connectivity index (χ4n) is 2.50. The highest BCUT2D eigenvalue weighted by atomic mass is 35.5. The number of aromatic nitrogens is 2. The molecule has 26 heavy (non-hydrogen) atoms. The van der Waals surface area contributed by atoms with Crippen molar-refractivity contribution in [3.05, 3.63) is 77.2 Å². The average molecular weight is 388 g/mol. The Hall–Kier alpha value is -2.30. The molecule has 1 aromatic heterocycles. The van der Waals surface area contributed by atoms with E-state index in [1.165, 1.54) is 6.33 Å². The number of anilines is 1. The van der Waals surface area contributed by atoms with E-state index >= 15 is 0 Å². The summed E-state index contributed by atoms with van der Waals surface area (Å²) in [6.45, 7) is 3.86. The van der Waals surface area contributed by atoms with Crippen LogP contribution in [0.25, 0.3) is 0 Å². The number of rotatable bonds is 6. The van der Waals surface area contributed by atoms with Gasteiger partial charge in [0, 0.05) is 6.04 Å². The molecule has 134 valence electrons. The molecule has 2 atom stereocenters. The quantitative estimate of drug-likeness (QED) is 0.497. The standard InChI is InChI=1S/C20H19Cl2N3O/c1-13(21)19-18(22)20(24-12-23-19)25-14(2)15-8-10-17(11-9-15)26-16-6-4-3-5-7-16/h3-14H,1-2H3,(H,23,24,25). The lowest BCUT2D eigenvalue weighted by Crippen LogP contribution is -2.10. The number of alkyl halides is 1. The van der Waals surface area contributed by atoms with E-state index < -0.39 is 0 Å². The molecule has 0 saturated carbocycles. The van der Waals surface area contributed by atoms with E-state index in [0.29, 0.717) is 16.5 Å². The number of benzene rings is 2. The molecular formula is C20H19Cl2N3O. The van der Waals surface area contributed by atoms with Crippen molar-refractivity contribution < 1.29 is 4.74 Å². The van der Waals surface area contributed by atoms with E-state index in [4.69, 9.17) is 27.9 Å². The van der Waals surface area contributed by atoms with Crippen LogP contribution in [-0.4, -0.2) is 9.97 Å². The summed E-state index contributed by atoms with van der Waals surface area (Å²) in [5.41, 5.74) is 1.70. The lowest BCUT2D eigenvalue weighted by atomic mass is 10.1. The first-order valence-electron chi connectivity index (χ1n) is 8.28. The van der Waals surface area contributed by atoms with Gasteiger partial charge >= 0.3 is 0 Å². The predicted molar refractivity (Wildman–Crippen MR) is 106 cm³/mol. The summed E-state index contributed by atoms with van der Waals surface area (Å²) in [5, 5.41) is 3.48. The minimum atomic E-state index is -0.282. The van der Waals surface area contributed by atoms with E-state index in [2.05, 4.69) is 15.3 Å². The van der Waals surface area contributed by atoms with E-state index in [1.54, 1.807) is 0 Å². The molecule has 3 rings (SSSR count). The van der Waals surface area contributed by atoms with Gasteiger partial charge in [-0.05, 0) is 43.7 Å². The zero-order valence-corrected chi connectivity index (χ0v) is 16.0. The summed E-state index contributed by atoms with van der Waals surface area (Å²) in [5.74, 6) is 2.16. The fraction of sp³-hybridized carbons (Fsp3) is 0.200. The van der Waals surface area contributed by atoms with Crippen LogP contribution in [0.4, 0.5) is 5.82 Å². The SMILES string of the molecule is CC(Cl)c1ncnc(NC(C)c2ccc(Oc3ccccc3)cc2)c1Cl. The van der Waals surface area contributed by atoms with Gasteiger partial charge in [-0.1, -0.05) is 41.9 Å². The lowest BCUT2D eigenvalue weighted by molar-refractivity contribution is 0.482. The second-order valence-electron chi connectivity index (χ2n) is 5.89. The van der Waals surface area contributed by atoms with Crippen molar-refractivity contribution in [2.75, 3.05) is 5.32 Å². The van der Waals surface area contributed by atoms with Crippen LogP contribution in [0.5, 0.6) is 11.5 Å². The highest BCUT2D eigenvalue weighted by Gasteiger charge is 2.15. The maximum Gasteiger partial charge on any atom is 0.149 e. The molecule has 3 aromatic rings. The zero-order chi connectivity index (χ0) is 18.5. The first-order chi connectivity index (χ1) is 12.5. The van der Waals surface area contributed by atoms with Crippen LogP contribution in [0.3, 0.4) is 0 Å². The molecule has 1 heterocycles. The number of para-hydroxylation sites is 1. The molecular weight excluding hydrogens is 369 g/mol. The minimum Gasteiger partial charge on any atom is -0.457 e. The number of hydrogen-bond acceptors (Lipinski definition) is 4. The van der Waals surface area contributed by atoms with Gasteiger partial charge in [-0.2, -0.15) is 0 Å². The van der Waals surface area contributed by atoms with Gasteiger partial charge in [0.25, 0.3) is 0 Å². The van der Waals surface area contributed by atoms with Gasteiger partial charge in [0.1, 0.15) is 28.7 Å². The Morgan fingerprint density at radius 3 is 2.23 bits per heavy atom. The van der Waals surface area contributed by atoms with Gasteiger partial charge in [-0.15, -0.1) is 11.6 Å². The van der Waals surface area contributed by atoms with Crippen LogP contribution in [0, 0.1) is 0 Å². The van der Waals surface area contributed by atoms with Gasteiger partial charge in [0.05, 0.1) is 11.1 Å². The molecule has 1 N–H and O–H groups in total. The van der Waals surface area contributed by atoms with Crippen molar-refractivity contribution in [1.82, 2.24) is 9.97 Å². The highest BCUT2D eigenvalue weighted by Crippen LogP contribution is 2.32. The molecule has 0 aliphatic carbocycles. The topological polar surface area (TPSA) is 47.0 Å². The summed E-state index contributed by atoms with van der Waals surface area (Å²) in [4.78, 5) is 8.36. The first-order valence-corrected chi connectivity index (χ1v) is 9.10. The summed E-state index contributed by atoms with van der Waals surface area (Å²) in [6, 6.07) is 17.6. The molecule has 6 heteroatoms. The van der Waals surface area contributed by atoms with Crippen molar-refractivity contribution in [3.63, 3.8) is 0 Å². The number of hydrogen-bond donors (Lipinski definition) is 1. The maximum atomic E-state index is 6.36. The summed E-state index contributed by atoms with van der Waals surface area (Å²) >= 11 is 12.5. The van der Waals surface area contributed by atoms with E-state index in [0.717, 1.165) is 17.1 Å². The van der Waals surface area contributed by atoms with E-state index in [1.807, 2.05) is 68.4 Å². The van der Waals surface area contributed by atoms with Crippen LogP contribution in [0.15, 0.2) is 60.9 Å². The Labute approximate surface area is 163 Å². The molecule has 0 saturated heterocycles. The van der Waals surface area contributed by atoms with Crippen LogP contribution in [-0.2, 0) is 0 Å². The Bertz CT molecular complexity index is 855. The lowest BCUT2D eigenvalue weighted by Gasteiger charge is -2.17. The molecule has 0 amide bonds. The Kier molecular flexibility index (Phi) is 5.96. The molecule has 0 radical (unpaired) electrons. The third-order valence-corrected chi connectivity index (χ3v) is 4.48. The molecule has 0 spiro atoms. The van der Waals surface area contributed by atoms with Gasteiger partial charge in [-0.3, -0.25) is 0 Å². The number of nitrogens with one attached hydrogen (secondary N) is 1. The summed E-state index contributed by atoms with van der Waals surface area (Å²) in [6.07, 6.45) is 1.46. The molecule has 4 nitrogen and oxygen atoms in total. The first kappa shape index (κ1) is 18.5. The maximum absolute atomic E-state index is 6.36. The Morgan fingerprint density at radius 2 is 1.58 bits per heavy atom. The Morgan fingerprint density at radius 1 is 0.923 bits per heavy atom. The number of ether oxygens (including phenoxy) is 1. The zero-order valence-electron chi connectivity index (χ0n) is 14.5. The molecule has 0 fully saturated rings. The summed E-state index contributed by atoms with van der Waals surface area (Å²) in [7, 11) is 0. The third-order valence-electron chi connectivity index (χ3n) is 3.91. The van der Waals surface area contributed by atoms with Crippen LogP contribution >= 0.6 is 23.2 Å². The van der Waals surface area contributed by atoms with Gasteiger partial charge in [0.15, 0.2) is 0 Å². The average Bonchev–Trinajstić information content (AvgIpc) is 2.64.